The van der Waals surface area contributed by atoms with E-state index in [-0.39, 0.29) is 5.03 Å². The van der Waals surface area contributed by atoms with Crippen LogP contribution in [-0.2, 0) is 19.5 Å². The van der Waals surface area contributed by atoms with Crippen LogP contribution in [-0.4, -0.2) is 53.9 Å². The monoisotopic (exact) mass is 303 g/mol. The molecule has 8 heteroatoms. The van der Waals surface area contributed by atoms with Crippen molar-refractivity contribution in [3.05, 3.63) is 18.3 Å². The zero-order valence-corrected chi connectivity index (χ0v) is 12.6. The fourth-order valence-corrected chi connectivity index (χ4v) is 2.70. The van der Waals surface area contributed by atoms with Gasteiger partial charge in [0.25, 0.3) is 10.0 Å². The van der Waals surface area contributed by atoms with Gasteiger partial charge < -0.3 is 14.8 Å². The van der Waals surface area contributed by atoms with Crippen molar-refractivity contribution in [1.29, 1.82) is 0 Å². The summed E-state index contributed by atoms with van der Waals surface area (Å²) in [5.41, 5.74) is 0.469. The topological polar surface area (TPSA) is 89.6 Å². The summed E-state index contributed by atoms with van der Waals surface area (Å²) in [4.78, 5) is 3.90. The van der Waals surface area contributed by atoms with E-state index in [0.717, 1.165) is 0 Å². The Kier molecular flexibility index (Phi) is 7.45. The van der Waals surface area contributed by atoms with Crippen molar-refractivity contribution in [3.63, 3.8) is 0 Å². The molecule has 0 aliphatic heterocycles. The summed E-state index contributed by atoms with van der Waals surface area (Å²) in [5.74, 6) is 0. The second-order valence-electron chi connectivity index (χ2n) is 3.96. The molecule has 1 rings (SSSR count). The second-order valence-corrected chi connectivity index (χ2v) is 5.64. The van der Waals surface area contributed by atoms with Gasteiger partial charge in [0.2, 0.25) is 0 Å². The summed E-state index contributed by atoms with van der Waals surface area (Å²) in [6.07, 6.45) is 2.04. The number of anilines is 1. The van der Waals surface area contributed by atoms with Crippen molar-refractivity contribution in [1.82, 2.24) is 9.71 Å². The summed E-state index contributed by atoms with van der Waals surface area (Å²) in [6, 6.07) is 3.34. The number of pyridine rings is 1. The zero-order chi connectivity index (χ0) is 14.8. The van der Waals surface area contributed by atoms with E-state index in [1.54, 1.807) is 26.3 Å². The van der Waals surface area contributed by atoms with Crippen LogP contribution >= 0.6 is 0 Å². The first-order valence-electron chi connectivity index (χ1n) is 6.31. The number of methoxy groups -OCH3 is 1. The molecule has 7 nitrogen and oxygen atoms in total. The fourth-order valence-electron chi connectivity index (χ4n) is 1.49. The third-order valence-corrected chi connectivity index (χ3v) is 3.90. The third kappa shape index (κ3) is 5.41. The van der Waals surface area contributed by atoms with Crippen LogP contribution in [0.2, 0.25) is 0 Å². The molecule has 2 N–H and O–H groups in total. The second kappa shape index (κ2) is 8.85. The highest BCUT2D eigenvalue weighted by molar-refractivity contribution is 7.89. The molecular weight excluding hydrogens is 282 g/mol. The number of aromatic nitrogens is 1. The van der Waals surface area contributed by atoms with E-state index < -0.39 is 10.0 Å². The van der Waals surface area contributed by atoms with E-state index in [4.69, 9.17) is 9.47 Å². The van der Waals surface area contributed by atoms with Gasteiger partial charge in [-0.3, -0.25) is 0 Å². The van der Waals surface area contributed by atoms with Crippen molar-refractivity contribution in [3.8, 4) is 0 Å². The molecule has 20 heavy (non-hydrogen) atoms. The maximum absolute atomic E-state index is 12.1. The molecule has 0 unspecified atom stereocenters. The Labute approximate surface area is 119 Å². The van der Waals surface area contributed by atoms with Crippen molar-refractivity contribution < 1.29 is 17.9 Å². The van der Waals surface area contributed by atoms with Gasteiger partial charge in [-0.25, -0.2) is 18.1 Å². The van der Waals surface area contributed by atoms with Gasteiger partial charge in [0.15, 0.2) is 5.03 Å². The van der Waals surface area contributed by atoms with Gasteiger partial charge in [0.1, 0.15) is 0 Å². The molecule has 0 fully saturated rings. The van der Waals surface area contributed by atoms with E-state index in [0.29, 0.717) is 38.5 Å². The highest BCUT2D eigenvalue weighted by Crippen LogP contribution is 2.16. The van der Waals surface area contributed by atoms with E-state index in [1.807, 2.05) is 0 Å². The van der Waals surface area contributed by atoms with Gasteiger partial charge in [-0.2, -0.15) is 0 Å². The van der Waals surface area contributed by atoms with Crippen molar-refractivity contribution in [2.24, 2.45) is 0 Å². The number of hydrogen-bond donors (Lipinski definition) is 2. The smallest absolute Gasteiger partial charge is 0.260 e. The molecule has 0 amide bonds. The Hall–Kier alpha value is -1.22. The standard InChI is InChI=1S/C12H21N3O4S/c1-13-11-5-3-6-14-12(11)20(16,17)15-7-4-8-19-10-9-18-2/h3,5-6,13,15H,4,7-10H2,1-2H3. The first-order chi connectivity index (χ1) is 9.61. The van der Waals surface area contributed by atoms with Gasteiger partial charge >= 0.3 is 0 Å². The van der Waals surface area contributed by atoms with Crippen LogP contribution in [0.5, 0.6) is 0 Å². The lowest BCUT2D eigenvalue weighted by Crippen LogP contribution is -2.27. The first-order valence-corrected chi connectivity index (χ1v) is 7.79. The number of nitrogens with one attached hydrogen (secondary N) is 2. The van der Waals surface area contributed by atoms with Gasteiger partial charge in [0.05, 0.1) is 18.9 Å². The molecule has 114 valence electrons. The molecule has 1 heterocycles. The predicted octanol–water partition coefficient (Wildman–Crippen LogP) is 0.455. The number of hydrogen-bond acceptors (Lipinski definition) is 6. The van der Waals surface area contributed by atoms with Crippen LogP contribution in [0.1, 0.15) is 6.42 Å². The van der Waals surface area contributed by atoms with Crippen LogP contribution in [0.3, 0.4) is 0 Å². The minimum atomic E-state index is -3.60. The van der Waals surface area contributed by atoms with Gasteiger partial charge in [-0.15, -0.1) is 0 Å². The third-order valence-electron chi connectivity index (χ3n) is 2.48. The van der Waals surface area contributed by atoms with E-state index in [9.17, 15) is 8.42 Å². The number of nitrogens with zero attached hydrogens (tertiary/aromatic N) is 1. The Morgan fingerprint density at radius 3 is 2.80 bits per heavy atom. The van der Waals surface area contributed by atoms with Crippen molar-refractivity contribution >= 4 is 15.7 Å². The fraction of sp³-hybridized carbons (Fsp3) is 0.583. The molecule has 0 aliphatic rings. The van der Waals surface area contributed by atoms with E-state index in [1.165, 1.54) is 6.20 Å². The predicted molar refractivity (Wildman–Crippen MR) is 76.3 cm³/mol. The lowest BCUT2D eigenvalue weighted by Gasteiger charge is -2.10. The maximum Gasteiger partial charge on any atom is 0.260 e. The maximum atomic E-state index is 12.1. The van der Waals surface area contributed by atoms with Gasteiger partial charge in [0, 0.05) is 33.5 Å². The van der Waals surface area contributed by atoms with Crippen LogP contribution in [0, 0.1) is 0 Å². The summed E-state index contributed by atoms with van der Waals surface area (Å²) >= 11 is 0. The molecule has 0 atom stereocenters. The molecular formula is C12H21N3O4S. The molecule has 1 aromatic rings. The van der Waals surface area contributed by atoms with Crippen LogP contribution in [0.15, 0.2) is 23.4 Å². The minimum Gasteiger partial charge on any atom is -0.386 e. The van der Waals surface area contributed by atoms with E-state index >= 15 is 0 Å². The largest absolute Gasteiger partial charge is 0.386 e. The summed E-state index contributed by atoms with van der Waals surface area (Å²) in [6.45, 7) is 1.82. The normalized spacial score (nSPS) is 11.5. The lowest BCUT2D eigenvalue weighted by molar-refractivity contribution is 0.0699. The molecule has 0 spiro atoms. The van der Waals surface area contributed by atoms with Gasteiger partial charge in [-0.05, 0) is 18.6 Å². The van der Waals surface area contributed by atoms with Crippen LogP contribution < -0.4 is 10.0 Å². The quantitative estimate of drug-likeness (QED) is 0.610. The zero-order valence-electron chi connectivity index (χ0n) is 11.8. The molecule has 1 aromatic heterocycles. The first kappa shape index (κ1) is 16.8. The molecule has 0 saturated carbocycles. The molecule has 0 bridgehead atoms. The molecule has 0 saturated heterocycles. The molecule has 0 radical (unpaired) electrons. The lowest BCUT2D eigenvalue weighted by atomic mass is 10.4. The van der Waals surface area contributed by atoms with Crippen LogP contribution in [0.25, 0.3) is 0 Å². The number of sulfonamides is 1. The number of ether oxygens (including phenoxy) is 2. The Bertz CT molecular complexity index is 493. The average molecular weight is 303 g/mol. The highest BCUT2D eigenvalue weighted by atomic mass is 32.2. The molecule has 0 aliphatic carbocycles. The summed E-state index contributed by atoms with van der Waals surface area (Å²) < 4.78 is 36.7. The minimum absolute atomic E-state index is 0.00259. The SMILES string of the molecule is CNc1cccnc1S(=O)(=O)NCCCOCCOC. The van der Waals surface area contributed by atoms with Crippen molar-refractivity contribution in [2.45, 2.75) is 11.4 Å². The number of rotatable bonds is 10. The Morgan fingerprint density at radius 2 is 2.10 bits per heavy atom. The highest BCUT2D eigenvalue weighted by Gasteiger charge is 2.18. The van der Waals surface area contributed by atoms with Crippen molar-refractivity contribution in [2.75, 3.05) is 45.8 Å². The Balaban J connectivity index is 2.42. The summed E-state index contributed by atoms with van der Waals surface area (Å²) in [7, 11) is -0.351. The van der Waals surface area contributed by atoms with Crippen LogP contribution in [0.4, 0.5) is 5.69 Å². The van der Waals surface area contributed by atoms with Gasteiger partial charge in [-0.1, -0.05) is 0 Å². The van der Waals surface area contributed by atoms with E-state index in [2.05, 4.69) is 15.0 Å². The average Bonchev–Trinajstić information content (AvgIpc) is 2.46. The summed E-state index contributed by atoms with van der Waals surface area (Å²) in [5, 5.41) is 2.81. The Morgan fingerprint density at radius 1 is 1.30 bits per heavy atom. The molecule has 0 aromatic carbocycles.